The molecular weight excluding hydrogens is 499 g/mol. The Bertz CT molecular complexity index is 1340. The van der Waals surface area contributed by atoms with Crippen LogP contribution in [-0.4, -0.2) is 45.3 Å². The summed E-state index contributed by atoms with van der Waals surface area (Å²) in [5.41, 5.74) is 0.164. The highest BCUT2D eigenvalue weighted by Crippen LogP contribution is 2.42. The van der Waals surface area contributed by atoms with Crippen LogP contribution < -0.4 is 14.6 Å². The molecule has 184 valence electrons. The third kappa shape index (κ3) is 6.30. The lowest BCUT2D eigenvalue weighted by Gasteiger charge is -2.27. The first-order valence-corrected chi connectivity index (χ1v) is 12.4. The van der Waals surface area contributed by atoms with Crippen LogP contribution in [0, 0.1) is 5.82 Å². The van der Waals surface area contributed by atoms with Crippen molar-refractivity contribution < 1.29 is 43.9 Å². The van der Waals surface area contributed by atoms with Crippen LogP contribution in [0.2, 0.25) is 0 Å². The van der Waals surface area contributed by atoms with Crippen LogP contribution in [0.15, 0.2) is 36.3 Å². The van der Waals surface area contributed by atoms with Crippen molar-refractivity contribution in [1.29, 1.82) is 0 Å². The van der Waals surface area contributed by atoms with E-state index in [9.17, 15) is 30.8 Å². The SMILES string of the molecule is CC/C(=C/C(=O)OS(N)(=O)=O)C(=O)OS(=O)(=O)Nc1cc(F)cc2c1OCCC2c1cnc[nH]1. The minimum atomic E-state index is -4.88. The monoisotopic (exact) mass is 518 g/mol. The third-order valence-corrected chi connectivity index (χ3v) is 5.80. The minimum Gasteiger partial charge on any atom is -0.491 e. The number of fused-ring (bicyclic) bond motifs is 1. The number of rotatable bonds is 8. The van der Waals surface area contributed by atoms with Crippen molar-refractivity contribution in [3.8, 4) is 5.75 Å². The Balaban J connectivity index is 1.84. The number of nitrogens with zero attached hydrogens (tertiary/aromatic N) is 1. The van der Waals surface area contributed by atoms with Gasteiger partial charge < -0.3 is 18.1 Å². The summed E-state index contributed by atoms with van der Waals surface area (Å²) in [6.07, 6.45) is 3.67. The second-order valence-electron chi connectivity index (χ2n) is 6.91. The molecule has 13 nitrogen and oxygen atoms in total. The maximum atomic E-state index is 14.3. The van der Waals surface area contributed by atoms with Gasteiger partial charge in [-0.05, 0) is 18.9 Å². The van der Waals surface area contributed by atoms with Crippen LogP contribution in [0.25, 0.3) is 0 Å². The highest BCUT2D eigenvalue weighted by atomic mass is 32.2. The van der Waals surface area contributed by atoms with E-state index >= 15 is 0 Å². The number of hydrogen-bond acceptors (Lipinski definition) is 10. The lowest BCUT2D eigenvalue weighted by Crippen LogP contribution is -2.24. The second-order valence-corrected chi connectivity index (χ2v) is 9.34. The number of imidazole rings is 1. The molecular formula is C18H19FN4O9S2. The molecule has 2 heterocycles. The molecule has 0 saturated carbocycles. The molecule has 3 rings (SSSR count). The van der Waals surface area contributed by atoms with Gasteiger partial charge in [-0.1, -0.05) is 6.92 Å². The van der Waals surface area contributed by atoms with Crippen LogP contribution in [0.5, 0.6) is 5.75 Å². The highest BCUT2D eigenvalue weighted by molar-refractivity contribution is 7.88. The Morgan fingerprint density at radius 1 is 1.32 bits per heavy atom. The number of aromatic amines is 1. The predicted octanol–water partition coefficient (Wildman–Crippen LogP) is 0.746. The van der Waals surface area contributed by atoms with Gasteiger partial charge in [-0.15, -0.1) is 0 Å². The molecule has 1 aromatic heterocycles. The third-order valence-electron chi connectivity index (χ3n) is 4.56. The second kappa shape index (κ2) is 9.78. The van der Waals surface area contributed by atoms with E-state index < -0.39 is 43.9 Å². The Morgan fingerprint density at radius 3 is 2.68 bits per heavy atom. The van der Waals surface area contributed by atoms with E-state index in [2.05, 4.69) is 23.5 Å². The zero-order chi connectivity index (χ0) is 25.1. The molecule has 1 aliphatic rings. The van der Waals surface area contributed by atoms with Crippen molar-refractivity contribution in [2.24, 2.45) is 5.14 Å². The summed E-state index contributed by atoms with van der Waals surface area (Å²) in [7, 11) is -9.53. The maximum Gasteiger partial charge on any atom is 0.410 e. The normalized spacial score (nSPS) is 16.2. The standard InChI is InChI=1S/C18H19FN4O9S2/c1-2-10(5-16(24)31-33(20,26)27)18(25)32-34(28,29)23-14-7-11(19)6-13-12(3-4-30-17(13)14)15-8-21-9-22-15/h5-9,12,23H,2-4H2,1H3,(H,21,22)(H2,20,26,27)/b10-5-. The molecule has 4 N–H and O–H groups in total. The predicted molar refractivity (Wildman–Crippen MR) is 113 cm³/mol. The van der Waals surface area contributed by atoms with Crippen molar-refractivity contribution in [2.75, 3.05) is 11.3 Å². The summed E-state index contributed by atoms with van der Waals surface area (Å²) >= 11 is 0. The fourth-order valence-corrected chi connectivity index (χ4v) is 4.27. The van der Waals surface area contributed by atoms with Gasteiger partial charge in [0.25, 0.3) is 0 Å². The Morgan fingerprint density at radius 2 is 2.06 bits per heavy atom. The zero-order valence-electron chi connectivity index (χ0n) is 17.5. The first-order chi connectivity index (χ1) is 15.9. The first kappa shape index (κ1) is 25.1. The van der Waals surface area contributed by atoms with E-state index in [0.29, 0.717) is 23.8 Å². The van der Waals surface area contributed by atoms with Gasteiger partial charge in [0, 0.05) is 41.1 Å². The molecule has 34 heavy (non-hydrogen) atoms. The molecule has 0 saturated heterocycles. The fraction of sp³-hybridized carbons (Fsp3) is 0.278. The number of carbonyl (C=O) groups is 2. The molecule has 1 aromatic carbocycles. The molecule has 0 radical (unpaired) electrons. The number of nitrogens with two attached hydrogens (primary N) is 1. The van der Waals surface area contributed by atoms with E-state index in [1.165, 1.54) is 19.3 Å². The molecule has 0 aliphatic carbocycles. The van der Waals surface area contributed by atoms with E-state index in [0.717, 1.165) is 6.07 Å². The molecule has 0 amide bonds. The number of anilines is 1. The van der Waals surface area contributed by atoms with Gasteiger partial charge in [-0.25, -0.2) is 23.7 Å². The quantitative estimate of drug-likeness (QED) is 0.419. The van der Waals surface area contributed by atoms with Crippen LogP contribution in [-0.2, 0) is 38.6 Å². The number of benzene rings is 1. The number of ether oxygens (including phenoxy) is 1. The number of hydrogen-bond donors (Lipinski definition) is 3. The summed E-state index contributed by atoms with van der Waals surface area (Å²) in [5.74, 6) is -4.12. The lowest BCUT2D eigenvalue weighted by atomic mass is 9.90. The topological polar surface area (TPSA) is 197 Å². The lowest BCUT2D eigenvalue weighted by molar-refractivity contribution is -0.132. The number of H-pyrrole nitrogens is 1. The number of nitrogens with one attached hydrogen (secondary N) is 2. The highest BCUT2D eigenvalue weighted by Gasteiger charge is 2.30. The van der Waals surface area contributed by atoms with Crippen LogP contribution in [0.3, 0.4) is 0 Å². The molecule has 0 spiro atoms. The van der Waals surface area contributed by atoms with Gasteiger partial charge in [0.15, 0.2) is 0 Å². The van der Waals surface area contributed by atoms with Crippen molar-refractivity contribution in [3.05, 3.63) is 53.4 Å². The molecule has 2 aromatic rings. The van der Waals surface area contributed by atoms with E-state index in [-0.39, 0.29) is 30.4 Å². The first-order valence-electron chi connectivity index (χ1n) is 9.56. The summed E-state index contributed by atoms with van der Waals surface area (Å²) in [6, 6.07) is 2.04. The molecule has 0 bridgehead atoms. The number of halogens is 1. The summed E-state index contributed by atoms with van der Waals surface area (Å²) in [6.45, 7) is 1.55. The van der Waals surface area contributed by atoms with Gasteiger partial charge in [-0.2, -0.15) is 22.0 Å². The van der Waals surface area contributed by atoms with Crippen LogP contribution in [0.1, 0.15) is 36.9 Å². The Labute approximate surface area is 193 Å². The van der Waals surface area contributed by atoms with Crippen molar-refractivity contribution in [2.45, 2.75) is 25.7 Å². The van der Waals surface area contributed by atoms with Gasteiger partial charge >= 0.3 is 32.5 Å². The molecule has 0 fully saturated rings. The minimum absolute atomic E-state index is 0.0369. The maximum absolute atomic E-state index is 14.3. The van der Waals surface area contributed by atoms with Gasteiger partial charge in [0.05, 0.1) is 18.6 Å². The molecule has 1 atom stereocenters. The largest absolute Gasteiger partial charge is 0.491 e. The summed E-state index contributed by atoms with van der Waals surface area (Å²) in [4.78, 5) is 30.6. The fourth-order valence-electron chi connectivity index (χ4n) is 3.22. The van der Waals surface area contributed by atoms with Crippen molar-refractivity contribution in [3.63, 3.8) is 0 Å². The molecule has 16 heteroatoms. The van der Waals surface area contributed by atoms with Crippen molar-refractivity contribution in [1.82, 2.24) is 9.97 Å². The zero-order valence-corrected chi connectivity index (χ0v) is 19.1. The van der Waals surface area contributed by atoms with Crippen LogP contribution >= 0.6 is 0 Å². The van der Waals surface area contributed by atoms with Gasteiger partial charge in [0.2, 0.25) is 0 Å². The Hall–Kier alpha value is -3.50. The van der Waals surface area contributed by atoms with Crippen LogP contribution in [0.4, 0.5) is 10.1 Å². The smallest absolute Gasteiger partial charge is 0.410 e. The van der Waals surface area contributed by atoms with E-state index in [1.54, 1.807) is 6.20 Å². The Kier molecular flexibility index (Phi) is 7.23. The van der Waals surface area contributed by atoms with Gasteiger partial charge in [0.1, 0.15) is 11.6 Å². The van der Waals surface area contributed by atoms with E-state index in [1.807, 2.05) is 4.72 Å². The molecule has 1 aliphatic heterocycles. The average molecular weight is 519 g/mol. The van der Waals surface area contributed by atoms with Crippen molar-refractivity contribution >= 4 is 38.2 Å². The summed E-state index contributed by atoms with van der Waals surface area (Å²) < 4.78 is 76.6. The number of aromatic nitrogens is 2. The number of carbonyl (C=O) groups excluding carboxylic acids is 2. The van der Waals surface area contributed by atoms with E-state index in [4.69, 9.17) is 4.74 Å². The van der Waals surface area contributed by atoms with Gasteiger partial charge in [-0.3, -0.25) is 0 Å². The summed E-state index contributed by atoms with van der Waals surface area (Å²) in [5, 5.41) is 4.56. The molecule has 1 unspecified atom stereocenters. The average Bonchev–Trinajstić information content (AvgIpc) is 3.24.